The van der Waals surface area contributed by atoms with Gasteiger partial charge in [0.05, 0.1) is 12.8 Å². The first-order valence-corrected chi connectivity index (χ1v) is 7.17. The summed E-state index contributed by atoms with van der Waals surface area (Å²) in [4.78, 5) is 29.6. The van der Waals surface area contributed by atoms with Crippen molar-refractivity contribution in [3.63, 3.8) is 0 Å². The third-order valence-electron chi connectivity index (χ3n) is 3.00. The summed E-state index contributed by atoms with van der Waals surface area (Å²) in [7, 11) is 0. The summed E-state index contributed by atoms with van der Waals surface area (Å²) in [5, 5.41) is 5.10. The average molecular weight is 291 g/mol. The second-order valence-electron chi connectivity index (χ2n) is 4.45. The predicted molar refractivity (Wildman–Crippen MR) is 73.3 cm³/mol. The number of carbonyl (C=O) groups excluding carboxylic acids is 2. The van der Waals surface area contributed by atoms with Crippen LogP contribution >= 0.6 is 11.3 Å². The van der Waals surface area contributed by atoms with E-state index in [0.717, 1.165) is 6.42 Å². The van der Waals surface area contributed by atoms with Crippen molar-refractivity contribution in [2.45, 2.75) is 6.42 Å². The van der Waals surface area contributed by atoms with Crippen molar-refractivity contribution in [3.8, 4) is 10.8 Å². The number of furan rings is 1. The van der Waals surface area contributed by atoms with Crippen LogP contribution in [0.3, 0.4) is 0 Å². The van der Waals surface area contributed by atoms with E-state index in [-0.39, 0.29) is 18.4 Å². The van der Waals surface area contributed by atoms with Gasteiger partial charge in [0.15, 0.2) is 10.8 Å². The van der Waals surface area contributed by atoms with Gasteiger partial charge < -0.3 is 14.6 Å². The van der Waals surface area contributed by atoms with Crippen LogP contribution in [0.15, 0.2) is 28.2 Å². The van der Waals surface area contributed by atoms with Gasteiger partial charge >= 0.3 is 0 Å². The molecule has 2 aromatic rings. The number of aromatic nitrogens is 1. The zero-order valence-electron chi connectivity index (χ0n) is 10.7. The van der Waals surface area contributed by atoms with E-state index >= 15 is 0 Å². The van der Waals surface area contributed by atoms with Crippen LogP contribution < -0.4 is 5.32 Å². The molecule has 0 spiro atoms. The molecule has 3 rings (SSSR count). The molecule has 0 saturated carbocycles. The molecule has 0 aromatic carbocycles. The number of nitrogens with zero attached hydrogens (tertiary/aromatic N) is 2. The Labute approximate surface area is 119 Å². The van der Waals surface area contributed by atoms with Crippen molar-refractivity contribution in [1.82, 2.24) is 15.2 Å². The van der Waals surface area contributed by atoms with Crippen LogP contribution in [0, 0.1) is 0 Å². The van der Waals surface area contributed by atoms with Gasteiger partial charge in [-0.05, 0) is 18.6 Å². The summed E-state index contributed by atoms with van der Waals surface area (Å²) < 4.78 is 5.25. The maximum Gasteiger partial charge on any atom is 0.273 e. The average Bonchev–Trinajstić information content (AvgIpc) is 3.07. The smallest absolute Gasteiger partial charge is 0.273 e. The normalized spacial score (nSPS) is 15.8. The summed E-state index contributed by atoms with van der Waals surface area (Å²) in [6.07, 6.45) is 2.32. The number of nitrogens with one attached hydrogen (secondary N) is 1. The molecule has 1 aliphatic rings. The highest BCUT2D eigenvalue weighted by Crippen LogP contribution is 2.24. The second kappa shape index (κ2) is 5.46. The molecule has 1 N–H and O–H groups in total. The lowest BCUT2D eigenvalue weighted by atomic mass is 10.3. The van der Waals surface area contributed by atoms with Crippen molar-refractivity contribution in [2.75, 3.05) is 19.6 Å². The Morgan fingerprint density at radius 2 is 2.40 bits per heavy atom. The Kier molecular flexibility index (Phi) is 3.51. The number of hydrogen-bond donors (Lipinski definition) is 1. The minimum Gasteiger partial charge on any atom is -0.462 e. The third kappa shape index (κ3) is 2.57. The first-order chi connectivity index (χ1) is 9.74. The molecular weight excluding hydrogens is 278 g/mol. The molecule has 0 bridgehead atoms. The number of hydrogen-bond acceptors (Lipinski definition) is 5. The summed E-state index contributed by atoms with van der Waals surface area (Å²) in [6, 6.07) is 3.57. The topological polar surface area (TPSA) is 75.4 Å². The Balaban J connectivity index is 1.78. The van der Waals surface area contributed by atoms with E-state index in [2.05, 4.69) is 10.3 Å². The zero-order chi connectivity index (χ0) is 13.9. The Morgan fingerprint density at radius 3 is 3.20 bits per heavy atom. The van der Waals surface area contributed by atoms with Crippen LogP contribution in [0.1, 0.15) is 16.9 Å². The van der Waals surface area contributed by atoms with E-state index in [9.17, 15) is 9.59 Å². The molecule has 0 radical (unpaired) electrons. The first kappa shape index (κ1) is 12.9. The highest BCUT2D eigenvalue weighted by molar-refractivity contribution is 7.13. The minimum absolute atomic E-state index is 0.0897. The maximum absolute atomic E-state index is 12.3. The summed E-state index contributed by atoms with van der Waals surface area (Å²) >= 11 is 1.35. The van der Waals surface area contributed by atoms with Gasteiger partial charge in [0.2, 0.25) is 5.91 Å². The molecule has 0 aliphatic carbocycles. The lowest BCUT2D eigenvalue weighted by molar-refractivity contribution is -0.121. The second-order valence-corrected chi connectivity index (χ2v) is 5.30. The summed E-state index contributed by atoms with van der Waals surface area (Å²) in [6.45, 7) is 1.26. The molecule has 7 heteroatoms. The van der Waals surface area contributed by atoms with Crippen molar-refractivity contribution < 1.29 is 14.0 Å². The predicted octanol–water partition coefficient (Wildman–Crippen LogP) is 1.37. The van der Waals surface area contributed by atoms with E-state index in [0.29, 0.717) is 29.6 Å². The molecule has 104 valence electrons. The fourth-order valence-electron chi connectivity index (χ4n) is 2.03. The number of thiazole rings is 1. The molecule has 1 fully saturated rings. The van der Waals surface area contributed by atoms with Crippen LogP contribution in [0.2, 0.25) is 0 Å². The Bertz CT molecular complexity index is 621. The van der Waals surface area contributed by atoms with E-state index in [1.165, 1.54) is 16.2 Å². The van der Waals surface area contributed by atoms with Gasteiger partial charge in [-0.1, -0.05) is 0 Å². The van der Waals surface area contributed by atoms with Gasteiger partial charge in [-0.15, -0.1) is 11.3 Å². The summed E-state index contributed by atoms with van der Waals surface area (Å²) in [5.41, 5.74) is 0.357. The fraction of sp³-hybridized carbons (Fsp3) is 0.308. The van der Waals surface area contributed by atoms with E-state index in [4.69, 9.17) is 4.42 Å². The van der Waals surface area contributed by atoms with Gasteiger partial charge in [0, 0.05) is 18.5 Å². The highest BCUT2D eigenvalue weighted by Gasteiger charge is 2.23. The van der Waals surface area contributed by atoms with Crippen molar-refractivity contribution in [1.29, 1.82) is 0 Å². The van der Waals surface area contributed by atoms with Gasteiger partial charge in [0.1, 0.15) is 5.69 Å². The molecule has 6 nitrogen and oxygen atoms in total. The Morgan fingerprint density at radius 1 is 1.50 bits per heavy atom. The molecule has 0 unspecified atom stereocenters. The highest BCUT2D eigenvalue weighted by atomic mass is 32.1. The first-order valence-electron chi connectivity index (χ1n) is 6.29. The van der Waals surface area contributed by atoms with E-state index in [1.807, 2.05) is 0 Å². The molecule has 3 heterocycles. The SMILES string of the molecule is O=C1CN(C(=O)c2csc(-c3ccco3)n2)CCCN1. The summed E-state index contributed by atoms with van der Waals surface area (Å²) in [5.74, 6) is 0.302. The number of rotatable bonds is 2. The number of carbonyl (C=O) groups is 2. The molecule has 2 aromatic heterocycles. The molecule has 1 aliphatic heterocycles. The molecule has 20 heavy (non-hydrogen) atoms. The van der Waals surface area contributed by atoms with Crippen molar-refractivity contribution in [2.24, 2.45) is 0 Å². The van der Waals surface area contributed by atoms with Gasteiger partial charge in [-0.2, -0.15) is 0 Å². The minimum atomic E-state index is -0.212. The fourth-order valence-corrected chi connectivity index (χ4v) is 2.79. The Hall–Kier alpha value is -2.15. The van der Waals surface area contributed by atoms with Crippen LogP contribution in [0.5, 0.6) is 0 Å². The molecule has 1 saturated heterocycles. The standard InChI is InChI=1S/C13H13N3O3S/c17-11-7-16(5-2-4-14-11)13(18)9-8-20-12(15-9)10-3-1-6-19-10/h1,3,6,8H,2,4-5,7H2,(H,14,17). The molecule has 2 amide bonds. The molecule has 0 atom stereocenters. The lowest BCUT2D eigenvalue weighted by Crippen LogP contribution is -2.37. The third-order valence-corrected chi connectivity index (χ3v) is 3.86. The number of amides is 2. The van der Waals surface area contributed by atoms with Crippen LogP contribution in [-0.4, -0.2) is 41.3 Å². The van der Waals surface area contributed by atoms with E-state index in [1.54, 1.807) is 23.8 Å². The maximum atomic E-state index is 12.3. The van der Waals surface area contributed by atoms with Crippen LogP contribution in [-0.2, 0) is 4.79 Å². The van der Waals surface area contributed by atoms with Crippen molar-refractivity contribution in [3.05, 3.63) is 29.5 Å². The van der Waals surface area contributed by atoms with Crippen LogP contribution in [0.25, 0.3) is 10.8 Å². The van der Waals surface area contributed by atoms with Crippen molar-refractivity contribution >= 4 is 23.2 Å². The largest absolute Gasteiger partial charge is 0.462 e. The monoisotopic (exact) mass is 291 g/mol. The van der Waals surface area contributed by atoms with Gasteiger partial charge in [-0.3, -0.25) is 9.59 Å². The zero-order valence-corrected chi connectivity index (χ0v) is 11.5. The lowest BCUT2D eigenvalue weighted by Gasteiger charge is -2.17. The quantitative estimate of drug-likeness (QED) is 0.906. The molecular formula is C13H13N3O3S. The van der Waals surface area contributed by atoms with Crippen LogP contribution in [0.4, 0.5) is 0 Å². The van der Waals surface area contributed by atoms with Gasteiger partial charge in [-0.25, -0.2) is 4.98 Å². The van der Waals surface area contributed by atoms with Gasteiger partial charge in [0.25, 0.3) is 5.91 Å². The van der Waals surface area contributed by atoms with E-state index < -0.39 is 0 Å².